The average molecular weight is 704 g/mol. The molecule has 1 atom stereocenters. The second kappa shape index (κ2) is 17.3. The van der Waals surface area contributed by atoms with Crippen molar-refractivity contribution in [3.05, 3.63) is 91.5 Å². The molecule has 3 aromatic rings. The molecule has 0 saturated carbocycles. The first kappa shape index (κ1) is 36.7. The van der Waals surface area contributed by atoms with Crippen LogP contribution in [0.25, 0.3) is 16.9 Å². The van der Waals surface area contributed by atoms with Crippen LogP contribution in [0.4, 0.5) is 0 Å². The lowest BCUT2D eigenvalue weighted by molar-refractivity contribution is -0.121. The number of carbonyl (C=O) groups excluding carboxylic acids is 2. The molecule has 4 rings (SSSR count). The molecule has 2 aromatic carbocycles. The number of rotatable bonds is 17. The quantitative estimate of drug-likeness (QED) is 0.0850. The van der Waals surface area contributed by atoms with E-state index in [4.69, 9.17) is 54.1 Å². The van der Waals surface area contributed by atoms with Crippen molar-refractivity contribution in [2.24, 2.45) is 0 Å². The molecule has 8 nitrogen and oxygen atoms in total. The molecule has 1 aliphatic rings. The van der Waals surface area contributed by atoms with Crippen LogP contribution in [0.15, 0.2) is 65.1 Å². The number of ether oxygens (including phenoxy) is 3. The summed E-state index contributed by atoms with van der Waals surface area (Å²) in [5.41, 5.74) is 4.42. The van der Waals surface area contributed by atoms with Gasteiger partial charge in [-0.3, -0.25) is 9.59 Å². The molecular weight excluding hydrogens is 663 g/mol. The Balaban J connectivity index is 1.21. The lowest BCUT2D eigenvalue weighted by Gasteiger charge is -2.20. The van der Waals surface area contributed by atoms with Crippen LogP contribution < -0.4 is 0 Å². The van der Waals surface area contributed by atoms with Crippen molar-refractivity contribution < 1.29 is 28.9 Å². The number of methoxy groups -OCH3 is 2. The number of hydrogen-bond acceptors (Lipinski definition) is 7. The molecule has 0 amide bonds. The van der Waals surface area contributed by atoms with Crippen LogP contribution in [-0.2, 0) is 23.8 Å². The Hall–Kier alpha value is -3.14. The van der Waals surface area contributed by atoms with E-state index in [1.807, 2.05) is 19.1 Å². The van der Waals surface area contributed by atoms with Gasteiger partial charge in [-0.2, -0.15) is 5.10 Å². The molecule has 0 saturated heterocycles. The van der Waals surface area contributed by atoms with Crippen LogP contribution in [0, 0.1) is 6.92 Å². The largest absolute Gasteiger partial charge is 0.489 e. The number of hydrogen-bond donors (Lipinski definition) is 1. The fourth-order valence-electron chi connectivity index (χ4n) is 5.75. The second-order valence-corrected chi connectivity index (χ2v) is 12.8. The van der Waals surface area contributed by atoms with Crippen molar-refractivity contribution in [2.45, 2.75) is 77.9 Å². The van der Waals surface area contributed by atoms with Gasteiger partial charge in [0, 0.05) is 32.3 Å². The maximum atomic E-state index is 12.8. The molecule has 0 bridgehead atoms. The van der Waals surface area contributed by atoms with Crippen molar-refractivity contribution >= 4 is 46.4 Å². The van der Waals surface area contributed by atoms with Gasteiger partial charge < -0.3 is 19.3 Å². The third-order valence-electron chi connectivity index (χ3n) is 8.34. The van der Waals surface area contributed by atoms with Gasteiger partial charge in [0.2, 0.25) is 29.4 Å². The number of unbranched alkanes of at least 4 members (excludes halogenated alkanes) is 7. The monoisotopic (exact) mass is 702 g/mol. The number of aliphatic hydroxyl groups excluding tert-OH is 1. The zero-order valence-corrected chi connectivity index (χ0v) is 29.5. The SMILES string of the molecule is COC1=C(OC)C(=O)C(CCCCCCCCCCOC(O)c2nn(-c3ccc(Cl)cc3Cl)c(-c3ccc(Cl)cc3)c2C)=C(C)C1=O. The summed E-state index contributed by atoms with van der Waals surface area (Å²) in [6.07, 6.45) is 7.23. The van der Waals surface area contributed by atoms with Gasteiger partial charge in [-0.05, 0) is 63.4 Å². The normalized spacial score (nSPS) is 14.3. The highest BCUT2D eigenvalue weighted by Gasteiger charge is 2.34. The number of aromatic nitrogens is 2. The van der Waals surface area contributed by atoms with Crippen molar-refractivity contribution in [1.29, 1.82) is 0 Å². The summed E-state index contributed by atoms with van der Waals surface area (Å²) >= 11 is 18.8. The Labute approximate surface area is 291 Å². The predicted octanol–water partition coefficient (Wildman–Crippen LogP) is 9.30. The van der Waals surface area contributed by atoms with Gasteiger partial charge >= 0.3 is 0 Å². The van der Waals surface area contributed by atoms with E-state index in [0.717, 1.165) is 68.2 Å². The highest BCUT2D eigenvalue weighted by molar-refractivity contribution is 6.35. The Morgan fingerprint density at radius 3 is 1.98 bits per heavy atom. The van der Waals surface area contributed by atoms with Gasteiger partial charge in [0.1, 0.15) is 5.69 Å². The van der Waals surface area contributed by atoms with Crippen LogP contribution in [0.2, 0.25) is 15.1 Å². The second-order valence-electron chi connectivity index (χ2n) is 11.5. The highest BCUT2D eigenvalue weighted by Crippen LogP contribution is 2.35. The molecule has 47 heavy (non-hydrogen) atoms. The fourth-order valence-corrected chi connectivity index (χ4v) is 6.37. The number of aliphatic hydroxyl groups is 1. The molecule has 0 radical (unpaired) electrons. The first-order valence-electron chi connectivity index (χ1n) is 15.8. The molecule has 11 heteroatoms. The van der Waals surface area contributed by atoms with Gasteiger partial charge in [0.25, 0.3) is 0 Å². The standard InChI is InChI=1S/C36H41Cl3N2O6/c1-22-27(33(43)35(46-4)34(45-3)32(22)42)13-11-9-7-5-6-8-10-12-20-47-36(44)30-23(2)31(24-14-16-25(37)17-15-24)41(40-30)29-19-18-26(38)21-28(29)39/h14-19,21,36,44H,5-13,20H2,1-4H3. The summed E-state index contributed by atoms with van der Waals surface area (Å²) in [5, 5.41) is 17.3. The van der Waals surface area contributed by atoms with E-state index >= 15 is 0 Å². The molecule has 1 unspecified atom stereocenters. The molecule has 0 spiro atoms. The number of benzene rings is 2. The fraction of sp³-hybridized carbons (Fsp3) is 0.417. The third-order valence-corrected chi connectivity index (χ3v) is 9.13. The predicted molar refractivity (Wildman–Crippen MR) is 185 cm³/mol. The Bertz CT molecular complexity index is 1640. The lowest BCUT2D eigenvalue weighted by Crippen LogP contribution is -2.25. The van der Waals surface area contributed by atoms with Crippen molar-refractivity contribution in [3.63, 3.8) is 0 Å². The van der Waals surface area contributed by atoms with Crippen molar-refractivity contribution in [2.75, 3.05) is 20.8 Å². The van der Waals surface area contributed by atoms with Crippen molar-refractivity contribution in [1.82, 2.24) is 9.78 Å². The topological polar surface area (TPSA) is 99.9 Å². The first-order chi connectivity index (χ1) is 22.6. The van der Waals surface area contributed by atoms with Crippen molar-refractivity contribution in [3.8, 4) is 16.9 Å². The Kier molecular flexibility index (Phi) is 13.5. The van der Waals surface area contributed by atoms with Crippen LogP contribution in [0.1, 0.15) is 82.3 Å². The van der Waals surface area contributed by atoms with E-state index in [1.54, 1.807) is 41.9 Å². The smallest absolute Gasteiger partial charge is 0.228 e. The van der Waals surface area contributed by atoms with E-state index in [-0.39, 0.29) is 23.1 Å². The van der Waals surface area contributed by atoms with E-state index in [0.29, 0.717) is 50.6 Å². The molecule has 0 fully saturated rings. The maximum absolute atomic E-state index is 12.8. The summed E-state index contributed by atoms with van der Waals surface area (Å²) in [7, 11) is 2.74. The third kappa shape index (κ3) is 8.86. The molecule has 1 N–H and O–H groups in total. The molecule has 252 valence electrons. The highest BCUT2D eigenvalue weighted by atomic mass is 35.5. The Morgan fingerprint density at radius 1 is 0.787 bits per heavy atom. The van der Waals surface area contributed by atoms with Crippen LogP contribution in [-0.4, -0.2) is 47.3 Å². The van der Waals surface area contributed by atoms with E-state index in [2.05, 4.69) is 0 Å². The van der Waals surface area contributed by atoms with Gasteiger partial charge in [0.05, 0.1) is 37.2 Å². The van der Waals surface area contributed by atoms with E-state index in [1.165, 1.54) is 14.2 Å². The summed E-state index contributed by atoms with van der Waals surface area (Å²) in [4.78, 5) is 25.3. The average Bonchev–Trinajstić information content (AvgIpc) is 3.39. The van der Waals surface area contributed by atoms with Gasteiger partial charge in [-0.25, -0.2) is 4.68 Å². The number of carbonyl (C=O) groups is 2. The summed E-state index contributed by atoms with van der Waals surface area (Å²) in [6.45, 7) is 3.97. The van der Waals surface area contributed by atoms with Gasteiger partial charge in [-0.15, -0.1) is 0 Å². The van der Waals surface area contributed by atoms with Crippen LogP contribution in [0.5, 0.6) is 0 Å². The number of ketones is 2. The number of Topliss-reactive ketones (excluding diaryl/α,β-unsaturated/α-hetero) is 2. The molecular formula is C36H41Cl3N2O6. The zero-order chi connectivity index (χ0) is 34.1. The minimum absolute atomic E-state index is 0.00931. The van der Waals surface area contributed by atoms with Crippen LogP contribution >= 0.6 is 34.8 Å². The van der Waals surface area contributed by atoms with E-state index < -0.39 is 6.29 Å². The molecule has 1 heterocycles. The van der Waals surface area contributed by atoms with Gasteiger partial charge in [0.15, 0.2) is 0 Å². The van der Waals surface area contributed by atoms with Crippen LogP contribution in [0.3, 0.4) is 0 Å². The molecule has 1 aliphatic carbocycles. The minimum atomic E-state index is -1.20. The first-order valence-corrected chi connectivity index (χ1v) is 16.9. The zero-order valence-electron chi connectivity index (χ0n) is 27.2. The minimum Gasteiger partial charge on any atom is -0.489 e. The summed E-state index contributed by atoms with van der Waals surface area (Å²) in [6, 6.07) is 12.6. The number of allylic oxidation sites excluding steroid dienone is 2. The lowest BCUT2D eigenvalue weighted by atomic mass is 9.89. The Morgan fingerprint density at radius 2 is 1.36 bits per heavy atom. The molecule has 0 aliphatic heterocycles. The summed E-state index contributed by atoms with van der Waals surface area (Å²) < 4.78 is 17.8. The summed E-state index contributed by atoms with van der Waals surface area (Å²) in [5.74, 6) is -0.576. The van der Waals surface area contributed by atoms with E-state index in [9.17, 15) is 14.7 Å². The number of halogens is 3. The number of nitrogens with zero attached hydrogens (tertiary/aromatic N) is 2. The molecule has 1 aromatic heterocycles. The van der Waals surface area contributed by atoms with Gasteiger partial charge in [-0.1, -0.05) is 85.5 Å². The maximum Gasteiger partial charge on any atom is 0.228 e.